The predicted molar refractivity (Wildman–Crippen MR) is 72.0 cm³/mol. The molecule has 17 heavy (non-hydrogen) atoms. The lowest BCUT2D eigenvalue weighted by molar-refractivity contribution is -0.670. The number of nitrogens with zero attached hydrogens (tertiary/aromatic N) is 1. The molecule has 1 heterocycles. The van der Waals surface area contributed by atoms with Gasteiger partial charge in [-0.05, 0) is 25.0 Å². The van der Waals surface area contributed by atoms with Gasteiger partial charge in [0.1, 0.15) is 6.54 Å². The molecule has 0 aliphatic rings. The van der Waals surface area contributed by atoms with E-state index in [4.69, 9.17) is 0 Å². The molecule has 0 aliphatic carbocycles. The number of rotatable bonds is 5. The number of imidazole rings is 1. The van der Waals surface area contributed by atoms with Gasteiger partial charge < -0.3 is 0 Å². The minimum Gasteiger partial charge on any atom is -0.241 e. The first kappa shape index (κ1) is 11.9. The summed E-state index contributed by atoms with van der Waals surface area (Å²) in [5.74, 6) is 1.93. The summed E-state index contributed by atoms with van der Waals surface area (Å²) in [6.45, 7) is 9.23. The number of benzene rings is 1. The number of aromatic amines is 1. The van der Waals surface area contributed by atoms with Crippen LogP contribution in [0.3, 0.4) is 0 Å². The van der Waals surface area contributed by atoms with Gasteiger partial charge in [-0.2, -0.15) is 0 Å². The van der Waals surface area contributed by atoms with Crippen LogP contribution in [-0.2, 0) is 6.54 Å². The molecule has 2 rings (SSSR count). The maximum absolute atomic E-state index is 3.86. The molecule has 1 aromatic heterocycles. The van der Waals surface area contributed by atoms with Crippen LogP contribution in [-0.4, -0.2) is 4.98 Å². The second-order valence-corrected chi connectivity index (χ2v) is 4.44. The largest absolute Gasteiger partial charge is 0.258 e. The van der Waals surface area contributed by atoms with Crippen molar-refractivity contribution in [2.75, 3.05) is 0 Å². The van der Waals surface area contributed by atoms with Gasteiger partial charge in [-0.3, -0.25) is 0 Å². The minimum absolute atomic E-state index is 0.599. The second-order valence-electron chi connectivity index (χ2n) is 4.44. The molecule has 2 heteroatoms. The number of H-pyrrole nitrogens is 1. The highest BCUT2D eigenvalue weighted by Gasteiger charge is 2.23. The van der Waals surface area contributed by atoms with E-state index in [-0.39, 0.29) is 0 Å². The number of nitrogens with one attached hydrogen (secondary N) is 1. The third-order valence-corrected chi connectivity index (χ3v) is 3.43. The van der Waals surface area contributed by atoms with Gasteiger partial charge in [0, 0.05) is 0 Å². The first-order chi connectivity index (χ1) is 8.31. The fraction of sp³-hybridized carbons (Fsp3) is 0.400. The van der Waals surface area contributed by atoms with E-state index in [1.807, 2.05) is 6.08 Å². The molecule has 0 saturated carbocycles. The summed E-state index contributed by atoms with van der Waals surface area (Å²) in [6.07, 6.45) is 4.30. The van der Waals surface area contributed by atoms with Crippen molar-refractivity contribution in [3.63, 3.8) is 0 Å². The van der Waals surface area contributed by atoms with E-state index >= 15 is 0 Å². The Bertz CT molecular complexity index is 507. The maximum atomic E-state index is 3.86. The summed E-state index contributed by atoms with van der Waals surface area (Å²) < 4.78 is 2.35. The van der Waals surface area contributed by atoms with E-state index < -0.39 is 0 Å². The van der Waals surface area contributed by atoms with Crippen LogP contribution < -0.4 is 4.57 Å². The Morgan fingerprint density at radius 1 is 1.29 bits per heavy atom. The Kier molecular flexibility index (Phi) is 3.62. The van der Waals surface area contributed by atoms with Gasteiger partial charge in [0.05, 0.1) is 5.92 Å². The van der Waals surface area contributed by atoms with Crippen LogP contribution in [0.25, 0.3) is 11.0 Å². The minimum atomic E-state index is 0.599. The Morgan fingerprint density at radius 3 is 2.65 bits per heavy atom. The molecule has 0 unspecified atom stereocenters. The van der Waals surface area contributed by atoms with Crippen LogP contribution >= 0.6 is 0 Å². The summed E-state index contributed by atoms with van der Waals surface area (Å²) in [5.41, 5.74) is 2.49. The first-order valence-corrected chi connectivity index (χ1v) is 6.43. The Labute approximate surface area is 103 Å². The Hall–Kier alpha value is -1.57. The molecule has 0 aliphatic heterocycles. The monoisotopic (exact) mass is 229 g/mol. The highest BCUT2D eigenvalue weighted by molar-refractivity contribution is 5.71. The summed E-state index contributed by atoms with van der Waals surface area (Å²) in [4.78, 5) is 3.57. The summed E-state index contributed by atoms with van der Waals surface area (Å²) >= 11 is 0. The number of fused-ring (bicyclic) bond motifs is 1. The van der Waals surface area contributed by atoms with Gasteiger partial charge in [0.2, 0.25) is 0 Å². The molecular formula is C15H21N2+. The lowest BCUT2D eigenvalue weighted by Crippen LogP contribution is -2.37. The van der Waals surface area contributed by atoms with Crippen LogP contribution in [0.15, 0.2) is 36.9 Å². The molecule has 0 fully saturated rings. The molecule has 0 saturated heterocycles. The molecule has 0 radical (unpaired) electrons. The molecule has 0 spiro atoms. The average Bonchev–Trinajstić information content (AvgIpc) is 2.71. The fourth-order valence-corrected chi connectivity index (χ4v) is 2.47. The van der Waals surface area contributed by atoms with E-state index in [2.05, 4.69) is 54.2 Å². The zero-order valence-electron chi connectivity index (χ0n) is 10.7. The first-order valence-electron chi connectivity index (χ1n) is 6.43. The number of para-hydroxylation sites is 2. The van der Waals surface area contributed by atoms with Gasteiger partial charge >= 0.3 is 0 Å². The number of hydrogen-bond acceptors (Lipinski definition) is 0. The summed E-state index contributed by atoms with van der Waals surface area (Å²) in [7, 11) is 0. The lowest BCUT2D eigenvalue weighted by Gasteiger charge is -2.07. The second kappa shape index (κ2) is 5.17. The van der Waals surface area contributed by atoms with E-state index in [0.717, 1.165) is 6.54 Å². The fourth-order valence-electron chi connectivity index (χ4n) is 2.47. The molecular weight excluding hydrogens is 208 g/mol. The van der Waals surface area contributed by atoms with Crippen LogP contribution in [0.2, 0.25) is 0 Å². The van der Waals surface area contributed by atoms with E-state index in [0.29, 0.717) is 5.92 Å². The molecule has 2 aromatic rings. The summed E-state index contributed by atoms with van der Waals surface area (Å²) in [5, 5.41) is 0. The predicted octanol–water partition coefficient (Wildman–Crippen LogP) is 3.55. The highest BCUT2D eigenvalue weighted by Crippen LogP contribution is 2.21. The molecule has 0 atom stereocenters. The smallest absolute Gasteiger partial charge is 0.241 e. The molecule has 0 bridgehead atoms. The topological polar surface area (TPSA) is 19.7 Å². The van der Waals surface area contributed by atoms with Gasteiger partial charge in [-0.1, -0.05) is 38.6 Å². The van der Waals surface area contributed by atoms with Crippen molar-refractivity contribution >= 4 is 11.0 Å². The van der Waals surface area contributed by atoms with Crippen molar-refractivity contribution in [3.8, 4) is 0 Å². The maximum Gasteiger partial charge on any atom is 0.258 e. The zero-order valence-corrected chi connectivity index (χ0v) is 10.7. The highest BCUT2D eigenvalue weighted by atomic mass is 15.1. The zero-order chi connectivity index (χ0) is 12.3. The quantitative estimate of drug-likeness (QED) is 0.597. The van der Waals surface area contributed by atoms with Crippen LogP contribution in [0, 0.1) is 0 Å². The van der Waals surface area contributed by atoms with Crippen LogP contribution in [0.5, 0.6) is 0 Å². The molecule has 0 amide bonds. The normalized spacial score (nSPS) is 11.2. The van der Waals surface area contributed by atoms with Crippen molar-refractivity contribution < 1.29 is 4.57 Å². The van der Waals surface area contributed by atoms with Crippen molar-refractivity contribution in [1.29, 1.82) is 0 Å². The van der Waals surface area contributed by atoms with Crippen LogP contribution in [0.4, 0.5) is 0 Å². The third-order valence-electron chi connectivity index (χ3n) is 3.43. The summed E-state index contributed by atoms with van der Waals surface area (Å²) in [6, 6.07) is 8.47. The van der Waals surface area contributed by atoms with Gasteiger partial charge in [-0.25, -0.2) is 9.55 Å². The Morgan fingerprint density at radius 2 is 2.00 bits per heavy atom. The molecule has 90 valence electrons. The van der Waals surface area contributed by atoms with Crippen molar-refractivity contribution in [3.05, 3.63) is 42.7 Å². The SMILES string of the molecule is C=CC[n+]1c(C(CC)CC)[nH]c2ccccc21. The van der Waals surface area contributed by atoms with Gasteiger partial charge in [0.15, 0.2) is 11.0 Å². The standard InChI is InChI=1S/C15H20N2/c1-4-11-17-14-10-8-7-9-13(14)16-15(17)12(5-2)6-3/h4,7-10,12H,1,5-6,11H2,2-3H3/p+1. The van der Waals surface area contributed by atoms with Crippen LogP contribution in [0.1, 0.15) is 38.4 Å². The van der Waals surface area contributed by atoms with E-state index in [1.54, 1.807) is 0 Å². The lowest BCUT2D eigenvalue weighted by atomic mass is 10.0. The molecule has 1 aromatic carbocycles. The number of aromatic nitrogens is 2. The average molecular weight is 229 g/mol. The van der Waals surface area contributed by atoms with Gasteiger partial charge in [-0.15, -0.1) is 0 Å². The molecule has 1 N–H and O–H groups in total. The van der Waals surface area contributed by atoms with Gasteiger partial charge in [0.25, 0.3) is 5.82 Å². The third kappa shape index (κ3) is 2.12. The van der Waals surface area contributed by atoms with E-state index in [1.165, 1.54) is 29.7 Å². The molecule has 2 nitrogen and oxygen atoms in total. The van der Waals surface area contributed by atoms with Crippen molar-refractivity contribution in [2.24, 2.45) is 0 Å². The van der Waals surface area contributed by atoms with Crippen molar-refractivity contribution in [1.82, 2.24) is 4.98 Å². The Balaban J connectivity index is 2.60. The number of hydrogen-bond donors (Lipinski definition) is 1. The van der Waals surface area contributed by atoms with Crippen molar-refractivity contribution in [2.45, 2.75) is 39.2 Å². The van der Waals surface area contributed by atoms with E-state index in [9.17, 15) is 0 Å². The number of allylic oxidation sites excluding steroid dienone is 1.